The minimum absolute atomic E-state index is 0.153. The highest BCUT2D eigenvalue weighted by molar-refractivity contribution is 5.91. The molecule has 6 rings (SSSR count). The molecule has 0 amide bonds. The van der Waals surface area contributed by atoms with Gasteiger partial charge in [0.1, 0.15) is 6.61 Å². The van der Waals surface area contributed by atoms with Crippen molar-refractivity contribution in [2.24, 2.45) is 0 Å². The van der Waals surface area contributed by atoms with Crippen LogP contribution in [0.3, 0.4) is 0 Å². The molecule has 0 saturated carbocycles. The highest BCUT2D eigenvalue weighted by Gasteiger charge is 2.43. The van der Waals surface area contributed by atoms with E-state index in [1.54, 1.807) is 10.6 Å². The highest BCUT2D eigenvalue weighted by Crippen LogP contribution is 2.42. The van der Waals surface area contributed by atoms with Crippen LogP contribution in [0, 0.1) is 0 Å². The second kappa shape index (κ2) is 6.05. The Bertz CT molecular complexity index is 1370. The first-order valence-corrected chi connectivity index (χ1v) is 9.97. The quantitative estimate of drug-likeness (QED) is 0.464. The SMILES string of the molecule is CNCc1c2c(nc3cc4c(cc13)OCO4)-c1cc3c(c(=O)n1C2)COC(=O)[C@@]3(C)O. The Labute approximate surface area is 176 Å². The number of benzene rings is 1. The number of ether oxygens (including phenoxy) is 3. The van der Waals surface area contributed by atoms with Crippen LogP contribution in [0.4, 0.5) is 0 Å². The molecular weight excluding hydrogens is 402 g/mol. The van der Waals surface area contributed by atoms with E-state index in [1.807, 2.05) is 19.2 Å². The number of nitrogens with zero attached hydrogens (tertiary/aromatic N) is 2. The van der Waals surface area contributed by atoms with Crippen LogP contribution >= 0.6 is 0 Å². The van der Waals surface area contributed by atoms with Crippen molar-refractivity contribution in [3.05, 3.63) is 50.8 Å². The number of carbonyl (C=O) groups excluding carboxylic acids is 1. The number of pyridine rings is 2. The number of rotatable bonds is 2. The molecule has 3 aliphatic rings. The third kappa shape index (κ3) is 2.35. The van der Waals surface area contributed by atoms with Crippen molar-refractivity contribution in [3.63, 3.8) is 0 Å². The minimum Gasteiger partial charge on any atom is -0.458 e. The average Bonchev–Trinajstić information content (AvgIpc) is 3.34. The van der Waals surface area contributed by atoms with Gasteiger partial charge in [-0.15, -0.1) is 0 Å². The summed E-state index contributed by atoms with van der Waals surface area (Å²) in [5.74, 6) is 0.529. The third-order valence-corrected chi connectivity index (χ3v) is 6.28. The fourth-order valence-electron chi connectivity index (χ4n) is 4.68. The van der Waals surface area contributed by atoms with E-state index in [4.69, 9.17) is 19.2 Å². The first-order valence-electron chi connectivity index (χ1n) is 9.97. The van der Waals surface area contributed by atoms with E-state index in [0.29, 0.717) is 41.5 Å². The summed E-state index contributed by atoms with van der Waals surface area (Å²) in [5, 5.41) is 14.9. The summed E-state index contributed by atoms with van der Waals surface area (Å²) in [4.78, 5) is 30.3. The molecular formula is C22H19N3O6. The number of hydrogen-bond donors (Lipinski definition) is 2. The van der Waals surface area contributed by atoms with Gasteiger partial charge >= 0.3 is 5.97 Å². The number of hydrogen-bond acceptors (Lipinski definition) is 8. The Morgan fingerprint density at radius 3 is 2.71 bits per heavy atom. The molecule has 0 spiro atoms. The maximum absolute atomic E-state index is 13.3. The molecule has 0 radical (unpaired) electrons. The van der Waals surface area contributed by atoms with Crippen molar-refractivity contribution in [3.8, 4) is 22.9 Å². The fourth-order valence-corrected chi connectivity index (χ4v) is 4.68. The molecule has 31 heavy (non-hydrogen) atoms. The van der Waals surface area contributed by atoms with Crippen LogP contribution in [0.25, 0.3) is 22.3 Å². The van der Waals surface area contributed by atoms with E-state index in [-0.39, 0.29) is 24.5 Å². The van der Waals surface area contributed by atoms with Gasteiger partial charge in [0.05, 0.1) is 29.0 Å². The van der Waals surface area contributed by atoms with Crippen molar-refractivity contribution < 1.29 is 24.1 Å². The largest absolute Gasteiger partial charge is 0.458 e. The Kier molecular flexibility index (Phi) is 3.58. The zero-order valence-electron chi connectivity index (χ0n) is 16.9. The van der Waals surface area contributed by atoms with Gasteiger partial charge in [-0.3, -0.25) is 4.79 Å². The van der Waals surface area contributed by atoms with Crippen molar-refractivity contribution >= 4 is 16.9 Å². The minimum atomic E-state index is -1.89. The van der Waals surface area contributed by atoms with Crippen LogP contribution in [0.2, 0.25) is 0 Å². The highest BCUT2D eigenvalue weighted by atomic mass is 16.7. The molecule has 5 heterocycles. The third-order valence-electron chi connectivity index (χ3n) is 6.28. The summed E-state index contributed by atoms with van der Waals surface area (Å²) in [7, 11) is 1.86. The van der Waals surface area contributed by atoms with Crippen LogP contribution in [0.5, 0.6) is 11.5 Å². The zero-order chi connectivity index (χ0) is 21.5. The van der Waals surface area contributed by atoms with Crippen molar-refractivity contribution in [2.45, 2.75) is 32.2 Å². The maximum Gasteiger partial charge on any atom is 0.342 e. The molecule has 158 valence electrons. The lowest BCUT2D eigenvalue weighted by Crippen LogP contribution is -2.42. The van der Waals surface area contributed by atoms with E-state index in [0.717, 1.165) is 22.0 Å². The molecule has 3 aromatic rings. The molecule has 9 nitrogen and oxygen atoms in total. The van der Waals surface area contributed by atoms with E-state index in [1.165, 1.54) is 6.92 Å². The van der Waals surface area contributed by atoms with Crippen LogP contribution < -0.4 is 20.3 Å². The molecule has 9 heteroatoms. The predicted molar refractivity (Wildman–Crippen MR) is 109 cm³/mol. The summed E-state index contributed by atoms with van der Waals surface area (Å²) in [6, 6.07) is 5.45. The van der Waals surface area contributed by atoms with Crippen LogP contribution in [-0.2, 0) is 34.8 Å². The van der Waals surface area contributed by atoms with Gasteiger partial charge in [-0.2, -0.15) is 0 Å². The number of aromatic nitrogens is 2. The molecule has 3 aliphatic heterocycles. The molecule has 0 saturated heterocycles. The van der Waals surface area contributed by atoms with Crippen LogP contribution in [0.15, 0.2) is 23.0 Å². The number of nitrogens with one attached hydrogen (secondary N) is 1. The molecule has 2 N–H and O–H groups in total. The summed E-state index contributed by atoms with van der Waals surface area (Å²) in [5.41, 5.74) is 2.29. The predicted octanol–water partition coefficient (Wildman–Crippen LogP) is 1.14. The van der Waals surface area contributed by atoms with Gasteiger partial charge in [0, 0.05) is 29.1 Å². The van der Waals surface area contributed by atoms with E-state index >= 15 is 0 Å². The molecule has 0 aliphatic carbocycles. The first-order chi connectivity index (χ1) is 14.9. The van der Waals surface area contributed by atoms with E-state index in [2.05, 4.69) is 5.32 Å². The summed E-state index contributed by atoms with van der Waals surface area (Å²) in [6.07, 6.45) is 0. The van der Waals surface area contributed by atoms with Gasteiger partial charge < -0.3 is 29.2 Å². The topological polar surface area (TPSA) is 112 Å². The summed E-state index contributed by atoms with van der Waals surface area (Å²) < 4.78 is 17.7. The Morgan fingerprint density at radius 1 is 1.16 bits per heavy atom. The number of cyclic esters (lactones) is 1. The average molecular weight is 421 g/mol. The van der Waals surface area contributed by atoms with Gasteiger partial charge in [0.15, 0.2) is 17.1 Å². The zero-order valence-corrected chi connectivity index (χ0v) is 16.9. The van der Waals surface area contributed by atoms with E-state index in [9.17, 15) is 14.7 Å². The Hall–Kier alpha value is -3.43. The van der Waals surface area contributed by atoms with Gasteiger partial charge in [-0.25, -0.2) is 9.78 Å². The molecule has 0 fully saturated rings. The Balaban J connectivity index is 1.65. The lowest BCUT2D eigenvalue weighted by molar-refractivity contribution is -0.169. The summed E-state index contributed by atoms with van der Waals surface area (Å²) >= 11 is 0. The second-order valence-corrected chi connectivity index (χ2v) is 8.13. The number of esters is 1. The number of aliphatic hydroxyl groups is 1. The van der Waals surface area contributed by atoms with Crippen molar-refractivity contribution in [1.82, 2.24) is 14.9 Å². The summed E-state index contributed by atoms with van der Waals surface area (Å²) in [6.45, 7) is 2.28. The molecule has 1 atom stereocenters. The van der Waals surface area contributed by atoms with Crippen LogP contribution in [0.1, 0.15) is 29.2 Å². The maximum atomic E-state index is 13.3. The second-order valence-electron chi connectivity index (χ2n) is 8.13. The molecule has 0 unspecified atom stereocenters. The smallest absolute Gasteiger partial charge is 0.342 e. The molecule has 1 aromatic carbocycles. The van der Waals surface area contributed by atoms with Gasteiger partial charge in [-0.1, -0.05) is 0 Å². The normalized spacial score (nSPS) is 20.4. The molecule has 2 aromatic heterocycles. The van der Waals surface area contributed by atoms with Crippen LogP contribution in [-0.4, -0.2) is 34.5 Å². The standard InChI is InChI=1S/C22H19N3O6/c1-22(28)14-4-16-19-12(7-25(16)20(26)13(14)8-29-21(22)27)11(6-23-2)10-3-17-18(31-9-30-17)5-15(10)24-19/h3-5,23,28H,6-9H2,1-2H3/t22-/m0/s1. The fraction of sp³-hybridized carbons (Fsp3) is 0.318. The van der Waals surface area contributed by atoms with Crippen molar-refractivity contribution in [2.75, 3.05) is 13.8 Å². The van der Waals surface area contributed by atoms with E-state index < -0.39 is 11.6 Å². The number of carbonyl (C=O) groups is 1. The monoisotopic (exact) mass is 421 g/mol. The molecule has 0 bridgehead atoms. The number of fused-ring (bicyclic) bond motifs is 6. The van der Waals surface area contributed by atoms with Gasteiger partial charge in [0.2, 0.25) is 6.79 Å². The van der Waals surface area contributed by atoms with Gasteiger partial charge in [-0.05, 0) is 31.7 Å². The lowest BCUT2D eigenvalue weighted by atomic mass is 9.89. The Morgan fingerprint density at radius 2 is 1.94 bits per heavy atom. The lowest BCUT2D eigenvalue weighted by Gasteiger charge is -2.29. The van der Waals surface area contributed by atoms with Gasteiger partial charge in [0.25, 0.3) is 5.56 Å². The first kappa shape index (κ1) is 18.3. The van der Waals surface area contributed by atoms with Crippen molar-refractivity contribution in [1.29, 1.82) is 0 Å².